The molecule has 0 radical (unpaired) electrons. The van der Waals surface area contributed by atoms with Gasteiger partial charge in [-0.05, 0) is 42.3 Å². The van der Waals surface area contributed by atoms with E-state index in [0.29, 0.717) is 22.6 Å². The Labute approximate surface area is 159 Å². The Morgan fingerprint density at radius 1 is 1.11 bits per heavy atom. The van der Waals surface area contributed by atoms with Crippen LogP contribution < -0.4 is 10.5 Å². The summed E-state index contributed by atoms with van der Waals surface area (Å²) in [7, 11) is 0. The van der Waals surface area contributed by atoms with E-state index in [1.165, 1.54) is 18.5 Å². The van der Waals surface area contributed by atoms with E-state index in [4.69, 9.17) is 10.5 Å². The average molecular weight is 387 g/mol. The van der Waals surface area contributed by atoms with Crippen molar-refractivity contribution in [3.8, 4) is 22.8 Å². The Kier molecular flexibility index (Phi) is 5.30. The summed E-state index contributed by atoms with van der Waals surface area (Å²) >= 11 is 0. The number of halogens is 3. The van der Waals surface area contributed by atoms with Gasteiger partial charge in [0, 0.05) is 29.6 Å². The molecule has 5 nitrogen and oxygen atoms in total. The van der Waals surface area contributed by atoms with Crippen molar-refractivity contribution in [3.63, 3.8) is 0 Å². The standard InChI is InChI=1S/C20H16F3N3O2/c1-12-6-14(2-3-17(12)19(24)27)18-8-15(4-5-26-18)28-16-7-13(10-25-11-16)9-20(21,22)23/h2-8,10-11H,9H2,1H3,(H2,24,27). The number of pyridine rings is 2. The van der Waals surface area contributed by atoms with Crippen LogP contribution in [-0.4, -0.2) is 22.1 Å². The van der Waals surface area contributed by atoms with Gasteiger partial charge in [0.25, 0.3) is 0 Å². The summed E-state index contributed by atoms with van der Waals surface area (Å²) in [5.41, 5.74) is 7.78. The van der Waals surface area contributed by atoms with Crippen molar-refractivity contribution >= 4 is 5.91 Å². The van der Waals surface area contributed by atoms with E-state index in [1.807, 2.05) is 0 Å². The van der Waals surface area contributed by atoms with Crippen molar-refractivity contribution in [1.82, 2.24) is 9.97 Å². The van der Waals surface area contributed by atoms with E-state index in [1.54, 1.807) is 37.3 Å². The molecule has 1 amide bonds. The Balaban J connectivity index is 1.84. The molecule has 2 heterocycles. The lowest BCUT2D eigenvalue weighted by Gasteiger charge is -2.10. The molecule has 144 valence electrons. The van der Waals surface area contributed by atoms with Crippen molar-refractivity contribution < 1.29 is 22.7 Å². The summed E-state index contributed by atoms with van der Waals surface area (Å²) in [6.45, 7) is 1.77. The fourth-order valence-corrected chi connectivity index (χ4v) is 2.72. The molecule has 0 aliphatic carbocycles. The van der Waals surface area contributed by atoms with E-state index in [9.17, 15) is 18.0 Å². The first-order chi connectivity index (χ1) is 13.2. The number of ether oxygens (including phenoxy) is 1. The van der Waals surface area contributed by atoms with Crippen molar-refractivity contribution in [1.29, 1.82) is 0 Å². The van der Waals surface area contributed by atoms with Gasteiger partial charge in [-0.25, -0.2) is 0 Å². The molecule has 2 N–H and O–H groups in total. The third-order valence-electron chi connectivity index (χ3n) is 3.93. The van der Waals surface area contributed by atoms with Gasteiger partial charge >= 0.3 is 6.18 Å². The summed E-state index contributed by atoms with van der Waals surface area (Å²) < 4.78 is 43.3. The largest absolute Gasteiger partial charge is 0.456 e. The van der Waals surface area contributed by atoms with Crippen LogP contribution in [-0.2, 0) is 6.42 Å². The minimum Gasteiger partial charge on any atom is -0.456 e. The number of aromatic nitrogens is 2. The van der Waals surface area contributed by atoms with Crippen LogP contribution in [0, 0.1) is 6.92 Å². The first-order valence-corrected chi connectivity index (χ1v) is 8.27. The topological polar surface area (TPSA) is 78.1 Å². The van der Waals surface area contributed by atoms with Gasteiger partial charge in [0.2, 0.25) is 5.91 Å². The van der Waals surface area contributed by atoms with Gasteiger partial charge in [0.15, 0.2) is 0 Å². The van der Waals surface area contributed by atoms with E-state index >= 15 is 0 Å². The van der Waals surface area contributed by atoms with E-state index in [2.05, 4.69) is 9.97 Å². The fraction of sp³-hybridized carbons (Fsp3) is 0.150. The second-order valence-corrected chi connectivity index (χ2v) is 6.19. The predicted molar refractivity (Wildman–Crippen MR) is 97.0 cm³/mol. The Hall–Kier alpha value is -3.42. The monoisotopic (exact) mass is 387 g/mol. The molecule has 3 rings (SSSR count). The molecule has 0 saturated carbocycles. The van der Waals surface area contributed by atoms with Crippen LogP contribution >= 0.6 is 0 Å². The van der Waals surface area contributed by atoms with Gasteiger partial charge in [-0.2, -0.15) is 13.2 Å². The molecule has 0 spiro atoms. The fourth-order valence-electron chi connectivity index (χ4n) is 2.72. The van der Waals surface area contributed by atoms with Gasteiger partial charge in [-0.15, -0.1) is 0 Å². The molecule has 0 aliphatic rings. The maximum atomic E-state index is 12.5. The van der Waals surface area contributed by atoms with Crippen LogP contribution in [0.4, 0.5) is 13.2 Å². The third-order valence-corrected chi connectivity index (χ3v) is 3.93. The van der Waals surface area contributed by atoms with Gasteiger partial charge in [-0.1, -0.05) is 6.07 Å². The summed E-state index contributed by atoms with van der Waals surface area (Å²) in [5.74, 6) is 0.0760. The van der Waals surface area contributed by atoms with Gasteiger partial charge in [-0.3, -0.25) is 14.8 Å². The summed E-state index contributed by atoms with van der Waals surface area (Å²) in [6, 6.07) is 9.64. The highest BCUT2D eigenvalue weighted by atomic mass is 19.4. The number of nitrogens with two attached hydrogens (primary N) is 1. The number of rotatable bonds is 5. The smallest absolute Gasteiger partial charge is 0.393 e. The van der Waals surface area contributed by atoms with E-state index in [0.717, 1.165) is 11.8 Å². The number of benzene rings is 1. The molecule has 28 heavy (non-hydrogen) atoms. The minimum absolute atomic E-state index is 0.0111. The highest BCUT2D eigenvalue weighted by Gasteiger charge is 2.27. The van der Waals surface area contributed by atoms with Gasteiger partial charge in [0.1, 0.15) is 11.5 Å². The lowest BCUT2D eigenvalue weighted by atomic mass is 10.0. The zero-order valence-corrected chi connectivity index (χ0v) is 14.8. The van der Waals surface area contributed by atoms with Crippen molar-refractivity contribution in [3.05, 3.63) is 71.7 Å². The number of aryl methyl sites for hydroxylation is 1. The molecule has 0 atom stereocenters. The average Bonchev–Trinajstić information content (AvgIpc) is 2.60. The number of carbonyl (C=O) groups is 1. The number of amides is 1. The van der Waals surface area contributed by atoms with Crippen LogP contribution in [0.15, 0.2) is 55.0 Å². The first kappa shape index (κ1) is 19.3. The SMILES string of the molecule is Cc1cc(-c2cc(Oc3cncc(CC(F)(F)F)c3)ccn2)ccc1C(N)=O. The molecular weight excluding hydrogens is 371 g/mol. The second-order valence-electron chi connectivity index (χ2n) is 6.19. The van der Waals surface area contributed by atoms with Crippen LogP contribution in [0.1, 0.15) is 21.5 Å². The van der Waals surface area contributed by atoms with Gasteiger partial charge in [0.05, 0.1) is 18.3 Å². The number of hydrogen-bond donors (Lipinski definition) is 1. The molecule has 1 aromatic carbocycles. The number of nitrogens with zero attached hydrogens (tertiary/aromatic N) is 2. The highest BCUT2D eigenvalue weighted by Crippen LogP contribution is 2.28. The van der Waals surface area contributed by atoms with Gasteiger partial charge < -0.3 is 10.5 Å². The van der Waals surface area contributed by atoms with E-state index in [-0.39, 0.29) is 11.3 Å². The molecule has 2 aromatic heterocycles. The number of primary amides is 1. The molecular formula is C20H16F3N3O2. The molecule has 0 saturated heterocycles. The Morgan fingerprint density at radius 3 is 2.57 bits per heavy atom. The normalized spacial score (nSPS) is 11.3. The maximum Gasteiger partial charge on any atom is 0.393 e. The highest BCUT2D eigenvalue weighted by molar-refractivity contribution is 5.94. The molecule has 0 unspecified atom stereocenters. The lowest BCUT2D eigenvalue weighted by molar-refractivity contribution is -0.127. The van der Waals surface area contributed by atoms with Crippen molar-refractivity contribution in [2.75, 3.05) is 0 Å². The molecule has 0 bridgehead atoms. The number of alkyl halides is 3. The maximum absolute atomic E-state index is 12.5. The quantitative estimate of drug-likeness (QED) is 0.702. The third kappa shape index (κ3) is 4.85. The lowest BCUT2D eigenvalue weighted by Crippen LogP contribution is -2.12. The van der Waals surface area contributed by atoms with Crippen molar-refractivity contribution in [2.24, 2.45) is 5.73 Å². The van der Waals surface area contributed by atoms with Crippen molar-refractivity contribution in [2.45, 2.75) is 19.5 Å². The van der Waals surface area contributed by atoms with E-state index < -0.39 is 18.5 Å². The summed E-state index contributed by atoms with van der Waals surface area (Å²) in [6.07, 6.45) is -1.38. The Morgan fingerprint density at radius 2 is 1.89 bits per heavy atom. The molecule has 3 aromatic rings. The van der Waals surface area contributed by atoms with Crippen LogP contribution in [0.25, 0.3) is 11.3 Å². The molecule has 0 aliphatic heterocycles. The predicted octanol–water partition coefficient (Wildman–Crippen LogP) is 4.45. The zero-order valence-electron chi connectivity index (χ0n) is 14.8. The minimum atomic E-state index is -4.32. The second kappa shape index (κ2) is 7.67. The summed E-state index contributed by atoms with van der Waals surface area (Å²) in [5, 5.41) is 0. The van der Waals surface area contributed by atoms with Crippen LogP contribution in [0.3, 0.4) is 0 Å². The molecule has 8 heteroatoms. The summed E-state index contributed by atoms with van der Waals surface area (Å²) in [4.78, 5) is 19.4. The number of carbonyl (C=O) groups excluding carboxylic acids is 1. The van der Waals surface area contributed by atoms with Crippen LogP contribution in [0.2, 0.25) is 0 Å². The van der Waals surface area contributed by atoms with Crippen LogP contribution in [0.5, 0.6) is 11.5 Å². The number of hydrogen-bond acceptors (Lipinski definition) is 4. The first-order valence-electron chi connectivity index (χ1n) is 8.27. The Bertz CT molecular complexity index is 1020. The molecule has 0 fully saturated rings. The zero-order chi connectivity index (χ0) is 20.3.